The van der Waals surface area contributed by atoms with E-state index in [2.05, 4.69) is 5.32 Å². The molecule has 33 heavy (non-hydrogen) atoms. The molecule has 1 atom stereocenters. The Hall–Kier alpha value is -3.20. The molecule has 176 valence electrons. The topological polar surface area (TPSA) is 104 Å². The van der Waals surface area contributed by atoms with Crippen molar-refractivity contribution in [1.29, 1.82) is 0 Å². The number of nitrogens with zero attached hydrogens (tertiary/aromatic N) is 2. The van der Waals surface area contributed by atoms with Gasteiger partial charge in [-0.25, -0.2) is 12.7 Å². The SMILES string of the molecule is CC(C)CNC(=O)[C@@H](C)N(CCc1ccccc1)C(=O)CN1C(=O)c2ccccc2S1(=O)=O. The van der Waals surface area contributed by atoms with Crippen LogP contribution in [0.25, 0.3) is 0 Å². The maximum atomic E-state index is 13.3. The smallest absolute Gasteiger partial charge is 0.269 e. The number of benzene rings is 2. The van der Waals surface area contributed by atoms with E-state index in [0.717, 1.165) is 5.56 Å². The third kappa shape index (κ3) is 5.42. The highest BCUT2D eigenvalue weighted by Gasteiger charge is 2.43. The van der Waals surface area contributed by atoms with Crippen molar-refractivity contribution in [2.75, 3.05) is 19.6 Å². The monoisotopic (exact) mass is 471 g/mol. The first-order valence-corrected chi connectivity index (χ1v) is 12.3. The Balaban J connectivity index is 1.81. The molecule has 0 saturated heterocycles. The summed E-state index contributed by atoms with van der Waals surface area (Å²) in [5.41, 5.74) is 1.02. The number of fused-ring (bicyclic) bond motifs is 1. The largest absolute Gasteiger partial charge is 0.354 e. The van der Waals surface area contributed by atoms with Crippen molar-refractivity contribution in [2.24, 2.45) is 5.92 Å². The summed E-state index contributed by atoms with van der Waals surface area (Å²) in [6, 6.07) is 14.5. The molecule has 8 nitrogen and oxygen atoms in total. The van der Waals surface area contributed by atoms with Gasteiger partial charge in [-0.15, -0.1) is 0 Å². The molecule has 1 N–H and O–H groups in total. The van der Waals surface area contributed by atoms with Crippen molar-refractivity contribution in [1.82, 2.24) is 14.5 Å². The van der Waals surface area contributed by atoms with E-state index >= 15 is 0 Å². The first kappa shape index (κ1) is 24.4. The quantitative estimate of drug-likeness (QED) is 0.603. The van der Waals surface area contributed by atoms with Crippen LogP contribution in [0.5, 0.6) is 0 Å². The van der Waals surface area contributed by atoms with Gasteiger partial charge in [0, 0.05) is 13.1 Å². The molecular formula is C24H29N3O5S. The average molecular weight is 472 g/mol. The first-order valence-electron chi connectivity index (χ1n) is 10.9. The van der Waals surface area contributed by atoms with Crippen LogP contribution >= 0.6 is 0 Å². The van der Waals surface area contributed by atoms with Crippen LogP contribution in [0.2, 0.25) is 0 Å². The lowest BCUT2D eigenvalue weighted by atomic mass is 10.1. The van der Waals surface area contributed by atoms with Crippen molar-refractivity contribution in [3.8, 4) is 0 Å². The van der Waals surface area contributed by atoms with E-state index in [4.69, 9.17) is 0 Å². The molecule has 2 aromatic rings. The van der Waals surface area contributed by atoms with E-state index in [-0.39, 0.29) is 28.8 Å². The highest BCUT2D eigenvalue weighted by molar-refractivity contribution is 7.90. The summed E-state index contributed by atoms with van der Waals surface area (Å²) in [4.78, 5) is 39.9. The predicted octanol–water partition coefficient (Wildman–Crippen LogP) is 2.06. The maximum absolute atomic E-state index is 13.3. The van der Waals surface area contributed by atoms with Crippen molar-refractivity contribution < 1.29 is 22.8 Å². The number of hydrogen-bond acceptors (Lipinski definition) is 5. The van der Waals surface area contributed by atoms with Gasteiger partial charge in [-0.3, -0.25) is 14.4 Å². The molecule has 1 aliphatic rings. The average Bonchev–Trinajstić information content (AvgIpc) is 2.99. The molecule has 0 unspecified atom stereocenters. The molecule has 9 heteroatoms. The summed E-state index contributed by atoms with van der Waals surface area (Å²) >= 11 is 0. The van der Waals surface area contributed by atoms with Gasteiger partial charge < -0.3 is 10.2 Å². The Morgan fingerprint density at radius 2 is 1.64 bits per heavy atom. The van der Waals surface area contributed by atoms with E-state index < -0.39 is 34.4 Å². The summed E-state index contributed by atoms with van der Waals surface area (Å²) in [6.45, 7) is 5.53. The van der Waals surface area contributed by atoms with Gasteiger partial charge in [0.05, 0.1) is 5.56 Å². The molecular weight excluding hydrogens is 442 g/mol. The van der Waals surface area contributed by atoms with Crippen LogP contribution < -0.4 is 5.32 Å². The van der Waals surface area contributed by atoms with Gasteiger partial charge >= 0.3 is 0 Å². The number of rotatable bonds is 9. The van der Waals surface area contributed by atoms with Crippen LogP contribution in [0, 0.1) is 5.92 Å². The minimum Gasteiger partial charge on any atom is -0.354 e. The number of carbonyl (C=O) groups excluding carboxylic acids is 3. The number of sulfonamides is 1. The summed E-state index contributed by atoms with van der Waals surface area (Å²) in [6.07, 6.45) is 0.481. The Labute approximate surface area is 194 Å². The Kier molecular flexibility index (Phi) is 7.53. The zero-order valence-electron chi connectivity index (χ0n) is 19.0. The molecule has 0 fully saturated rings. The number of nitrogens with one attached hydrogen (secondary N) is 1. The van der Waals surface area contributed by atoms with Crippen LogP contribution in [-0.4, -0.2) is 61.0 Å². The number of carbonyl (C=O) groups is 3. The van der Waals surface area contributed by atoms with E-state index in [1.54, 1.807) is 13.0 Å². The molecule has 3 amide bonds. The van der Waals surface area contributed by atoms with Gasteiger partial charge in [0.2, 0.25) is 11.8 Å². The van der Waals surface area contributed by atoms with Crippen molar-refractivity contribution in [3.63, 3.8) is 0 Å². The third-order valence-corrected chi connectivity index (χ3v) is 7.31. The lowest BCUT2D eigenvalue weighted by molar-refractivity contribution is -0.139. The molecule has 0 bridgehead atoms. The first-order chi connectivity index (χ1) is 15.6. The van der Waals surface area contributed by atoms with Crippen LogP contribution in [0.15, 0.2) is 59.5 Å². The summed E-state index contributed by atoms with van der Waals surface area (Å²) in [7, 11) is -4.12. The van der Waals surface area contributed by atoms with Gasteiger partial charge in [0.15, 0.2) is 0 Å². The van der Waals surface area contributed by atoms with Gasteiger partial charge in [0.1, 0.15) is 17.5 Å². The van der Waals surface area contributed by atoms with E-state index in [1.165, 1.54) is 23.1 Å². The summed E-state index contributed by atoms with van der Waals surface area (Å²) < 4.78 is 26.3. The lowest BCUT2D eigenvalue weighted by Crippen LogP contribution is -2.52. The molecule has 1 heterocycles. The zero-order valence-corrected chi connectivity index (χ0v) is 19.8. The minimum absolute atomic E-state index is 0.0452. The second-order valence-corrected chi connectivity index (χ2v) is 10.3. The Bertz CT molecular complexity index is 1130. The fraction of sp³-hybridized carbons (Fsp3) is 0.375. The normalized spacial score (nSPS) is 15.3. The van der Waals surface area contributed by atoms with Crippen molar-refractivity contribution >= 4 is 27.7 Å². The highest BCUT2D eigenvalue weighted by atomic mass is 32.2. The summed E-state index contributed by atoms with van der Waals surface area (Å²) in [5.74, 6) is -1.44. The van der Waals surface area contributed by atoms with Crippen LogP contribution in [0.1, 0.15) is 36.7 Å². The van der Waals surface area contributed by atoms with Gasteiger partial charge in [-0.2, -0.15) is 0 Å². The van der Waals surface area contributed by atoms with Crippen LogP contribution in [0.4, 0.5) is 0 Å². The maximum Gasteiger partial charge on any atom is 0.269 e. The van der Waals surface area contributed by atoms with Gasteiger partial charge in [0.25, 0.3) is 15.9 Å². The second-order valence-electron chi connectivity index (χ2n) is 8.45. The highest BCUT2D eigenvalue weighted by Crippen LogP contribution is 2.29. The molecule has 0 aliphatic carbocycles. The molecule has 3 rings (SSSR count). The number of hydrogen-bond donors (Lipinski definition) is 1. The number of amides is 3. The fourth-order valence-electron chi connectivity index (χ4n) is 3.62. The van der Waals surface area contributed by atoms with E-state index in [1.807, 2.05) is 44.2 Å². The molecule has 2 aromatic carbocycles. The van der Waals surface area contributed by atoms with E-state index in [0.29, 0.717) is 17.3 Å². The van der Waals surface area contributed by atoms with Crippen LogP contribution in [-0.2, 0) is 26.0 Å². The second kappa shape index (κ2) is 10.2. The van der Waals surface area contributed by atoms with Gasteiger partial charge in [-0.1, -0.05) is 56.3 Å². The predicted molar refractivity (Wildman–Crippen MR) is 124 cm³/mol. The standard InChI is InChI=1S/C24H29N3O5S/c1-17(2)15-25-23(29)18(3)26(14-13-19-9-5-4-6-10-19)22(28)16-27-24(30)20-11-7-8-12-21(20)33(27,31)32/h4-12,17-18H,13-16H2,1-3H3,(H,25,29)/t18-/m1/s1. The molecule has 0 aromatic heterocycles. The van der Waals surface area contributed by atoms with Gasteiger partial charge in [-0.05, 0) is 37.0 Å². The fourth-order valence-corrected chi connectivity index (χ4v) is 5.14. The zero-order chi connectivity index (χ0) is 24.2. The van der Waals surface area contributed by atoms with Crippen LogP contribution in [0.3, 0.4) is 0 Å². The Morgan fingerprint density at radius 1 is 1.00 bits per heavy atom. The molecule has 0 spiro atoms. The van der Waals surface area contributed by atoms with Crippen molar-refractivity contribution in [3.05, 3.63) is 65.7 Å². The third-order valence-electron chi connectivity index (χ3n) is 5.53. The Morgan fingerprint density at radius 3 is 2.27 bits per heavy atom. The minimum atomic E-state index is -4.12. The molecule has 0 radical (unpaired) electrons. The molecule has 0 saturated carbocycles. The lowest BCUT2D eigenvalue weighted by Gasteiger charge is -2.30. The van der Waals surface area contributed by atoms with E-state index in [9.17, 15) is 22.8 Å². The summed E-state index contributed by atoms with van der Waals surface area (Å²) in [5, 5.41) is 2.82. The van der Waals surface area contributed by atoms with Crippen molar-refractivity contribution in [2.45, 2.75) is 38.1 Å². The molecule has 1 aliphatic heterocycles.